The number of allylic oxidation sites excluding steroid dienone is 1. The Morgan fingerprint density at radius 2 is 2.16 bits per heavy atom. The van der Waals surface area contributed by atoms with Crippen LogP contribution in [0.3, 0.4) is 0 Å². The summed E-state index contributed by atoms with van der Waals surface area (Å²) in [5.41, 5.74) is 4.11. The van der Waals surface area contributed by atoms with Crippen molar-refractivity contribution in [2.45, 2.75) is 13.0 Å². The van der Waals surface area contributed by atoms with Crippen molar-refractivity contribution in [3.8, 4) is 0 Å². The predicted octanol–water partition coefficient (Wildman–Crippen LogP) is 3.39. The maximum absolute atomic E-state index is 13.3. The lowest BCUT2D eigenvalue weighted by atomic mass is 10.1. The lowest BCUT2D eigenvalue weighted by molar-refractivity contribution is 0.647. The van der Waals surface area contributed by atoms with E-state index >= 15 is 0 Å². The van der Waals surface area contributed by atoms with Gasteiger partial charge in [0.2, 0.25) is 0 Å². The van der Waals surface area contributed by atoms with Gasteiger partial charge in [0.25, 0.3) is 5.56 Å². The Labute approximate surface area is 184 Å². The second-order valence-electron chi connectivity index (χ2n) is 7.51. The van der Waals surface area contributed by atoms with E-state index in [0.717, 1.165) is 48.0 Å². The molecule has 1 aromatic carbocycles. The Bertz CT molecular complexity index is 1620. The van der Waals surface area contributed by atoms with E-state index in [4.69, 9.17) is 16.6 Å². The molecule has 0 amide bonds. The number of nitrogens with one attached hydrogen (secondary N) is 1. The molecule has 0 fully saturated rings. The van der Waals surface area contributed by atoms with Crippen LogP contribution in [-0.4, -0.2) is 41.8 Å². The van der Waals surface area contributed by atoms with E-state index in [1.165, 1.54) is 4.68 Å². The molecule has 0 spiro atoms. The number of aryl methyl sites for hydroxylation is 1. The number of benzene rings is 1. The minimum Gasteiger partial charge on any atom is -0.323 e. The third kappa shape index (κ3) is 2.92. The number of thiazole rings is 1. The minimum absolute atomic E-state index is 0.137. The van der Waals surface area contributed by atoms with E-state index in [9.17, 15) is 4.79 Å². The highest BCUT2D eigenvalue weighted by atomic mass is 35.5. The van der Waals surface area contributed by atoms with Crippen LogP contribution in [0, 0.1) is 0 Å². The van der Waals surface area contributed by atoms with Gasteiger partial charge in [-0.15, -0.1) is 11.3 Å². The van der Waals surface area contributed by atoms with Crippen molar-refractivity contribution in [2.24, 2.45) is 12.0 Å². The van der Waals surface area contributed by atoms with Crippen molar-refractivity contribution in [2.75, 3.05) is 6.54 Å². The number of fused-ring (bicyclic) bond motifs is 4. The first-order chi connectivity index (χ1) is 15.1. The molecule has 6 rings (SSSR count). The van der Waals surface area contributed by atoms with E-state index in [1.54, 1.807) is 23.7 Å². The number of H-pyrrole nitrogens is 1. The number of aromatic amines is 1. The molecule has 10 heteroatoms. The molecule has 0 bridgehead atoms. The van der Waals surface area contributed by atoms with Gasteiger partial charge in [0.15, 0.2) is 5.65 Å². The van der Waals surface area contributed by atoms with Crippen LogP contribution in [0.2, 0.25) is 0 Å². The molecule has 154 valence electrons. The molecule has 1 N–H and O–H groups in total. The average molecular weight is 450 g/mol. The molecule has 4 aromatic heterocycles. The van der Waals surface area contributed by atoms with Crippen LogP contribution in [-0.2, 0) is 20.0 Å². The zero-order valence-electron chi connectivity index (χ0n) is 16.5. The lowest BCUT2D eigenvalue weighted by Gasteiger charge is -2.07. The van der Waals surface area contributed by atoms with Gasteiger partial charge in [-0.3, -0.25) is 14.9 Å². The Kier molecular flexibility index (Phi) is 4.09. The molecular weight excluding hydrogens is 434 g/mol. The maximum Gasteiger partial charge on any atom is 0.291 e. The first-order valence-corrected chi connectivity index (χ1v) is 10.9. The molecule has 0 radical (unpaired) electrons. The fourth-order valence-corrected chi connectivity index (χ4v) is 5.37. The monoisotopic (exact) mass is 449 g/mol. The van der Waals surface area contributed by atoms with Crippen molar-refractivity contribution >= 4 is 60.8 Å². The average Bonchev–Trinajstić information content (AvgIpc) is 3.52. The van der Waals surface area contributed by atoms with Gasteiger partial charge in [0.1, 0.15) is 10.5 Å². The van der Waals surface area contributed by atoms with E-state index < -0.39 is 0 Å². The second kappa shape index (κ2) is 6.86. The summed E-state index contributed by atoms with van der Waals surface area (Å²) in [6.07, 6.45) is 6.07. The highest BCUT2D eigenvalue weighted by Gasteiger charge is 2.19. The number of nitrogens with zero attached hydrogens (tertiary/aromatic N) is 6. The first-order valence-electron chi connectivity index (χ1n) is 9.73. The van der Waals surface area contributed by atoms with Crippen LogP contribution in [0.15, 0.2) is 51.5 Å². The summed E-state index contributed by atoms with van der Waals surface area (Å²) in [5.74, 6) is 0. The van der Waals surface area contributed by atoms with Gasteiger partial charge in [-0.25, -0.2) is 9.67 Å². The van der Waals surface area contributed by atoms with Crippen LogP contribution < -0.4 is 5.56 Å². The molecule has 1 aliphatic heterocycles. The quantitative estimate of drug-likeness (QED) is 0.455. The summed E-state index contributed by atoms with van der Waals surface area (Å²) >= 11 is 7.60. The molecule has 0 aliphatic carbocycles. The summed E-state index contributed by atoms with van der Waals surface area (Å²) in [6.45, 7) is 0.913. The van der Waals surface area contributed by atoms with Crippen LogP contribution >= 0.6 is 22.9 Å². The molecule has 0 unspecified atom stereocenters. The lowest BCUT2D eigenvalue weighted by Crippen LogP contribution is -2.24. The van der Waals surface area contributed by atoms with Crippen molar-refractivity contribution in [3.05, 3.63) is 62.6 Å². The van der Waals surface area contributed by atoms with Gasteiger partial charge in [0.05, 0.1) is 35.7 Å². The van der Waals surface area contributed by atoms with Gasteiger partial charge < -0.3 is 4.57 Å². The molecule has 31 heavy (non-hydrogen) atoms. The first kappa shape index (κ1) is 18.5. The van der Waals surface area contributed by atoms with Gasteiger partial charge in [-0.05, 0) is 17.7 Å². The summed E-state index contributed by atoms with van der Waals surface area (Å²) in [6, 6.07) is 5.89. The number of hydrogen-bond donors (Lipinski definition) is 1. The molecule has 8 nitrogen and oxygen atoms in total. The predicted molar refractivity (Wildman–Crippen MR) is 123 cm³/mol. The fraction of sp³-hybridized carbons (Fsp3) is 0.190. The summed E-state index contributed by atoms with van der Waals surface area (Å²) in [7, 11) is 1.88. The number of aromatic nitrogens is 6. The Hall–Kier alpha value is -3.30. The molecule has 0 saturated carbocycles. The Balaban J connectivity index is 1.42. The number of halogens is 1. The topological polar surface area (TPSA) is 93.8 Å². The highest BCUT2D eigenvalue weighted by Crippen LogP contribution is 2.31. The smallest absolute Gasteiger partial charge is 0.291 e. The summed E-state index contributed by atoms with van der Waals surface area (Å²) < 4.78 is 4.33. The van der Waals surface area contributed by atoms with E-state index in [1.807, 2.05) is 35.9 Å². The van der Waals surface area contributed by atoms with Crippen LogP contribution in [0.1, 0.15) is 10.6 Å². The number of aliphatic imine (C=N–C) groups is 1. The van der Waals surface area contributed by atoms with E-state index in [0.29, 0.717) is 25.0 Å². The molecular formula is C21H16ClN7OS. The Morgan fingerprint density at radius 3 is 3.00 bits per heavy atom. The van der Waals surface area contributed by atoms with E-state index in [2.05, 4.69) is 20.3 Å². The van der Waals surface area contributed by atoms with Gasteiger partial charge in [-0.1, -0.05) is 23.7 Å². The summed E-state index contributed by atoms with van der Waals surface area (Å²) in [5, 5.41) is 15.0. The van der Waals surface area contributed by atoms with Crippen LogP contribution in [0.4, 0.5) is 0 Å². The van der Waals surface area contributed by atoms with Gasteiger partial charge >= 0.3 is 0 Å². The number of hydrogen-bond acceptors (Lipinski definition) is 6. The Morgan fingerprint density at radius 1 is 1.26 bits per heavy atom. The SMILES string of the molecule is Cn1c2nc(CC3=NCC(Cl)=C3)sc2c2cnn(Cc3cccc4[nH]ncc34)c(=O)c21. The zero-order valence-corrected chi connectivity index (χ0v) is 18.0. The molecule has 5 aromatic rings. The van der Waals surface area contributed by atoms with Crippen LogP contribution in [0.5, 0.6) is 0 Å². The zero-order chi connectivity index (χ0) is 21.1. The van der Waals surface area contributed by atoms with Crippen LogP contribution in [0.25, 0.3) is 32.2 Å². The number of rotatable bonds is 4. The van der Waals surface area contributed by atoms with Crippen molar-refractivity contribution < 1.29 is 0 Å². The van der Waals surface area contributed by atoms with Crippen molar-refractivity contribution in [1.82, 2.24) is 29.5 Å². The molecule has 1 aliphatic rings. The maximum atomic E-state index is 13.3. The largest absolute Gasteiger partial charge is 0.323 e. The minimum atomic E-state index is -0.137. The van der Waals surface area contributed by atoms with Gasteiger partial charge in [-0.2, -0.15) is 10.2 Å². The highest BCUT2D eigenvalue weighted by molar-refractivity contribution is 7.19. The molecule has 0 saturated heterocycles. The standard InChI is InChI=1S/C21H16ClN7OS/c1-28-18-15(19-20(28)26-17(31-19)6-13-5-12(22)7-23-13)9-25-29(21(18)30)10-11-3-2-4-16-14(11)8-24-27-16/h2-5,8-9H,6-7,10H2,1H3,(H,24,27). The molecule has 5 heterocycles. The third-order valence-electron chi connectivity index (χ3n) is 5.55. The van der Waals surface area contributed by atoms with Crippen molar-refractivity contribution in [1.29, 1.82) is 0 Å². The van der Waals surface area contributed by atoms with Crippen molar-refractivity contribution in [3.63, 3.8) is 0 Å². The summed E-state index contributed by atoms with van der Waals surface area (Å²) in [4.78, 5) is 22.5. The normalized spacial score (nSPS) is 14.1. The van der Waals surface area contributed by atoms with Gasteiger partial charge in [0, 0.05) is 35.0 Å². The third-order valence-corrected chi connectivity index (χ3v) is 6.86. The fourth-order valence-electron chi connectivity index (χ4n) is 4.06. The molecule has 0 atom stereocenters. The second-order valence-corrected chi connectivity index (χ2v) is 9.08. The van der Waals surface area contributed by atoms with E-state index in [-0.39, 0.29) is 5.56 Å².